The van der Waals surface area contributed by atoms with Crippen molar-refractivity contribution in [1.29, 1.82) is 0 Å². The fraction of sp³-hybridized carbons (Fsp3) is 0.400. The van der Waals surface area contributed by atoms with Gasteiger partial charge >= 0.3 is 12.0 Å². The number of carbonyl (C=O) groups excluding carboxylic acids is 1. The average Bonchev–Trinajstić information content (AvgIpc) is 2.64. The zero-order chi connectivity index (χ0) is 12.8. The molecule has 5 nitrogen and oxygen atoms in total. The number of hydrogen-bond acceptors (Lipinski definition) is 3. The van der Waals surface area contributed by atoms with Crippen LogP contribution in [0.4, 0.5) is 4.79 Å². The number of nitrogens with one attached hydrogen (secondary N) is 2. The second kappa shape index (κ2) is 6.46. The van der Waals surface area contributed by atoms with Crippen molar-refractivity contribution in [2.24, 2.45) is 0 Å². The lowest BCUT2D eigenvalue weighted by Crippen LogP contribution is -2.37. The Morgan fingerprint density at radius 3 is 2.76 bits per heavy atom. The Balaban J connectivity index is 2.33. The summed E-state index contributed by atoms with van der Waals surface area (Å²) in [6.07, 6.45) is -0.0906. The molecule has 0 aliphatic rings. The van der Waals surface area contributed by atoms with E-state index in [-0.39, 0.29) is 25.0 Å². The van der Waals surface area contributed by atoms with Gasteiger partial charge in [0.05, 0.1) is 16.8 Å². The Morgan fingerprint density at radius 1 is 1.53 bits per heavy atom. The van der Waals surface area contributed by atoms with Crippen molar-refractivity contribution in [3.05, 3.63) is 21.3 Å². The van der Waals surface area contributed by atoms with Gasteiger partial charge < -0.3 is 15.7 Å². The summed E-state index contributed by atoms with van der Waals surface area (Å²) >= 11 is 7.18. The maximum absolute atomic E-state index is 11.4. The van der Waals surface area contributed by atoms with E-state index in [0.717, 1.165) is 4.88 Å². The fourth-order valence-corrected chi connectivity index (χ4v) is 2.23. The van der Waals surface area contributed by atoms with E-state index in [2.05, 4.69) is 10.6 Å². The molecule has 0 saturated heterocycles. The lowest BCUT2D eigenvalue weighted by Gasteiger charge is -2.12. The Labute approximate surface area is 108 Å². The highest BCUT2D eigenvalue weighted by atomic mass is 35.5. The predicted octanol–water partition coefficient (Wildman–Crippen LogP) is 2.24. The third-order valence-corrected chi connectivity index (χ3v) is 3.41. The van der Waals surface area contributed by atoms with E-state index in [1.807, 2.05) is 13.0 Å². The number of carbonyl (C=O) groups is 2. The summed E-state index contributed by atoms with van der Waals surface area (Å²) in [5, 5.41) is 13.6. The largest absolute Gasteiger partial charge is 0.481 e. The topological polar surface area (TPSA) is 78.4 Å². The van der Waals surface area contributed by atoms with E-state index in [1.54, 1.807) is 6.07 Å². The van der Waals surface area contributed by atoms with E-state index in [9.17, 15) is 9.59 Å². The Hall–Kier alpha value is -1.27. The van der Waals surface area contributed by atoms with Gasteiger partial charge in [0.2, 0.25) is 0 Å². The fourth-order valence-electron chi connectivity index (χ4n) is 1.16. The van der Waals surface area contributed by atoms with Crippen molar-refractivity contribution >= 4 is 34.9 Å². The van der Waals surface area contributed by atoms with Gasteiger partial charge in [0, 0.05) is 11.4 Å². The zero-order valence-corrected chi connectivity index (χ0v) is 10.8. The molecule has 1 aromatic heterocycles. The van der Waals surface area contributed by atoms with Gasteiger partial charge in [-0.1, -0.05) is 11.6 Å². The summed E-state index contributed by atoms with van der Waals surface area (Å²) < 4.78 is 0.667. The molecule has 0 saturated carbocycles. The minimum Gasteiger partial charge on any atom is -0.481 e. The number of thiophene rings is 1. The summed E-state index contributed by atoms with van der Waals surface area (Å²) in [6.45, 7) is 1.94. The van der Waals surface area contributed by atoms with Crippen LogP contribution in [0.5, 0.6) is 0 Å². The summed E-state index contributed by atoms with van der Waals surface area (Å²) in [4.78, 5) is 22.6. The Kier molecular flexibility index (Phi) is 5.24. The molecular weight excluding hydrogens is 264 g/mol. The van der Waals surface area contributed by atoms with Crippen LogP contribution in [0.3, 0.4) is 0 Å². The van der Waals surface area contributed by atoms with Crippen LogP contribution >= 0.6 is 22.9 Å². The first-order chi connectivity index (χ1) is 7.99. The zero-order valence-electron chi connectivity index (χ0n) is 9.20. The smallest absolute Gasteiger partial charge is 0.315 e. The van der Waals surface area contributed by atoms with Gasteiger partial charge in [-0.2, -0.15) is 0 Å². The minimum atomic E-state index is -0.941. The van der Waals surface area contributed by atoms with Crippen LogP contribution in [0, 0.1) is 0 Å². The summed E-state index contributed by atoms with van der Waals surface area (Å²) in [6, 6.07) is 3.07. The molecule has 0 spiro atoms. The van der Waals surface area contributed by atoms with Gasteiger partial charge in [-0.15, -0.1) is 11.3 Å². The SMILES string of the molecule is CC(NC(=O)NCCC(=O)O)c1ccc(Cl)s1. The van der Waals surface area contributed by atoms with E-state index in [0.29, 0.717) is 4.34 Å². The van der Waals surface area contributed by atoms with Gasteiger partial charge in [-0.05, 0) is 19.1 Å². The number of halogens is 1. The summed E-state index contributed by atoms with van der Waals surface area (Å²) in [5.74, 6) is -0.941. The maximum Gasteiger partial charge on any atom is 0.315 e. The van der Waals surface area contributed by atoms with E-state index in [4.69, 9.17) is 16.7 Å². The van der Waals surface area contributed by atoms with Gasteiger partial charge in [-0.25, -0.2) is 4.79 Å². The number of carboxylic acid groups (broad SMARTS) is 1. The molecule has 0 aliphatic carbocycles. The third-order valence-electron chi connectivity index (χ3n) is 1.99. The monoisotopic (exact) mass is 276 g/mol. The van der Waals surface area contributed by atoms with Crippen molar-refractivity contribution in [3.8, 4) is 0 Å². The van der Waals surface area contributed by atoms with Gasteiger partial charge in [0.25, 0.3) is 0 Å². The van der Waals surface area contributed by atoms with Gasteiger partial charge in [0.15, 0.2) is 0 Å². The summed E-state index contributed by atoms with van der Waals surface area (Å²) in [5.41, 5.74) is 0. The number of carboxylic acids is 1. The van der Waals surface area contributed by atoms with Crippen LogP contribution in [0.25, 0.3) is 0 Å². The number of aliphatic carboxylic acids is 1. The molecule has 0 aliphatic heterocycles. The lowest BCUT2D eigenvalue weighted by molar-refractivity contribution is -0.136. The molecule has 0 fully saturated rings. The second-order valence-corrected chi connectivity index (χ2v) is 5.15. The van der Waals surface area contributed by atoms with Crippen molar-refractivity contribution in [2.75, 3.05) is 6.54 Å². The maximum atomic E-state index is 11.4. The first-order valence-electron chi connectivity index (χ1n) is 5.00. The van der Waals surface area contributed by atoms with Crippen molar-refractivity contribution < 1.29 is 14.7 Å². The van der Waals surface area contributed by atoms with E-state index < -0.39 is 5.97 Å². The van der Waals surface area contributed by atoms with Crippen LogP contribution in [-0.2, 0) is 4.79 Å². The van der Waals surface area contributed by atoms with E-state index >= 15 is 0 Å². The van der Waals surface area contributed by atoms with Crippen LogP contribution in [0.1, 0.15) is 24.3 Å². The predicted molar refractivity (Wildman–Crippen MR) is 66.5 cm³/mol. The van der Waals surface area contributed by atoms with Crippen molar-refractivity contribution in [2.45, 2.75) is 19.4 Å². The van der Waals surface area contributed by atoms with Crippen LogP contribution in [0.15, 0.2) is 12.1 Å². The number of amides is 2. The quantitative estimate of drug-likeness (QED) is 0.772. The molecule has 7 heteroatoms. The molecule has 3 N–H and O–H groups in total. The Bertz CT molecular complexity index is 408. The molecule has 1 rings (SSSR count). The molecule has 2 amide bonds. The highest BCUT2D eigenvalue weighted by Gasteiger charge is 2.11. The van der Waals surface area contributed by atoms with Crippen molar-refractivity contribution in [1.82, 2.24) is 10.6 Å². The number of urea groups is 1. The van der Waals surface area contributed by atoms with Crippen molar-refractivity contribution in [3.63, 3.8) is 0 Å². The molecule has 0 aromatic carbocycles. The molecule has 1 atom stereocenters. The average molecular weight is 277 g/mol. The standard InChI is InChI=1S/C10H13ClN2O3S/c1-6(7-2-3-8(11)17-7)13-10(16)12-5-4-9(14)15/h2-3,6H,4-5H2,1H3,(H,14,15)(H2,12,13,16). The molecule has 0 radical (unpaired) electrons. The number of rotatable bonds is 5. The Morgan fingerprint density at radius 2 is 2.24 bits per heavy atom. The molecule has 0 bridgehead atoms. The minimum absolute atomic E-state index is 0.0906. The molecule has 94 valence electrons. The first kappa shape index (κ1) is 13.8. The van der Waals surface area contributed by atoms with Crippen LogP contribution in [-0.4, -0.2) is 23.7 Å². The molecule has 1 unspecified atom stereocenters. The summed E-state index contributed by atoms with van der Waals surface area (Å²) in [7, 11) is 0. The third kappa shape index (κ3) is 5.06. The second-order valence-electron chi connectivity index (χ2n) is 3.41. The van der Waals surface area contributed by atoms with Gasteiger partial charge in [0.1, 0.15) is 0 Å². The first-order valence-corrected chi connectivity index (χ1v) is 6.20. The molecular formula is C10H13ClN2O3S. The molecule has 17 heavy (non-hydrogen) atoms. The number of hydrogen-bond donors (Lipinski definition) is 3. The van der Waals surface area contributed by atoms with E-state index in [1.165, 1.54) is 11.3 Å². The van der Waals surface area contributed by atoms with Crippen LogP contribution < -0.4 is 10.6 Å². The lowest BCUT2D eigenvalue weighted by atomic mass is 10.3. The highest BCUT2D eigenvalue weighted by Crippen LogP contribution is 2.26. The van der Waals surface area contributed by atoms with Gasteiger partial charge in [-0.3, -0.25) is 4.79 Å². The normalized spacial score (nSPS) is 11.9. The van der Waals surface area contributed by atoms with Crippen LogP contribution in [0.2, 0.25) is 4.34 Å². The highest BCUT2D eigenvalue weighted by molar-refractivity contribution is 7.16. The molecule has 1 aromatic rings. The molecule has 1 heterocycles.